The Labute approximate surface area is 115 Å². The highest BCUT2D eigenvalue weighted by atomic mass is 127. The van der Waals surface area contributed by atoms with Crippen LogP contribution in [0.3, 0.4) is 0 Å². The molecule has 16 heavy (non-hydrogen) atoms. The van der Waals surface area contributed by atoms with Crippen LogP contribution in [0, 0.1) is 5.92 Å². The third kappa shape index (κ3) is 3.17. The fraction of sp³-hybridized carbons (Fsp3) is 0.385. The van der Waals surface area contributed by atoms with Crippen molar-refractivity contribution in [2.45, 2.75) is 22.6 Å². The zero-order chi connectivity index (χ0) is 11.4. The Hall–Kier alpha value is -0.160. The molecule has 1 aliphatic rings. The number of nitrogens with one attached hydrogen (secondary N) is 1. The van der Waals surface area contributed by atoms with Crippen LogP contribution in [-0.4, -0.2) is 9.30 Å². The smallest absolute Gasteiger partial charge is 0.0800 e. The number of benzene rings is 1. The average Bonchev–Trinajstić information content (AvgIpc) is 2.80. The van der Waals surface area contributed by atoms with Gasteiger partial charge in [0.15, 0.2) is 0 Å². The summed E-state index contributed by atoms with van der Waals surface area (Å²) in [7, 11) is 0. The maximum absolute atomic E-state index is 3.44. The van der Waals surface area contributed by atoms with E-state index in [2.05, 4.69) is 76.8 Å². The highest BCUT2D eigenvalue weighted by Crippen LogP contribution is 2.31. The first-order valence-electron chi connectivity index (χ1n) is 5.52. The predicted octanol–water partition coefficient (Wildman–Crippen LogP) is 3.80. The van der Waals surface area contributed by atoms with Gasteiger partial charge in [-0.1, -0.05) is 59.8 Å². The van der Waals surface area contributed by atoms with E-state index in [4.69, 9.17) is 0 Å². The largest absolute Gasteiger partial charge is 0.378 e. The second-order valence-corrected chi connectivity index (χ2v) is 7.07. The van der Waals surface area contributed by atoms with Crippen LogP contribution < -0.4 is 5.32 Å². The molecule has 86 valence electrons. The fourth-order valence-electron chi connectivity index (χ4n) is 1.92. The van der Waals surface area contributed by atoms with E-state index in [1.54, 1.807) is 0 Å². The van der Waals surface area contributed by atoms with Crippen molar-refractivity contribution in [2.75, 3.05) is 0 Å². The molecule has 0 amide bonds. The van der Waals surface area contributed by atoms with Crippen LogP contribution in [-0.2, 0) is 6.42 Å². The highest BCUT2D eigenvalue weighted by Gasteiger charge is 2.26. The molecule has 0 saturated carbocycles. The molecule has 3 atom stereocenters. The van der Waals surface area contributed by atoms with E-state index in [-0.39, 0.29) is 0 Å². The number of hydrogen-bond acceptors (Lipinski definition) is 2. The monoisotopic (exact) mass is 345 g/mol. The van der Waals surface area contributed by atoms with Gasteiger partial charge in [-0.3, -0.25) is 0 Å². The van der Waals surface area contributed by atoms with Gasteiger partial charge in [-0.2, -0.15) is 0 Å². The molecule has 1 aromatic rings. The van der Waals surface area contributed by atoms with E-state index in [1.807, 2.05) is 11.8 Å². The van der Waals surface area contributed by atoms with Gasteiger partial charge in [0.25, 0.3) is 0 Å². The van der Waals surface area contributed by atoms with Crippen LogP contribution >= 0.6 is 34.4 Å². The number of hydrogen-bond donors (Lipinski definition) is 1. The first-order valence-corrected chi connectivity index (χ1v) is 7.71. The van der Waals surface area contributed by atoms with Gasteiger partial charge in [0.05, 0.1) is 5.37 Å². The molecular formula is C13H16INS. The first kappa shape index (κ1) is 12.3. The lowest BCUT2D eigenvalue weighted by molar-refractivity contribution is 0.485. The van der Waals surface area contributed by atoms with Crippen molar-refractivity contribution in [1.82, 2.24) is 5.32 Å². The van der Waals surface area contributed by atoms with Crippen molar-refractivity contribution in [3.8, 4) is 0 Å². The second-order valence-electron chi connectivity index (χ2n) is 4.06. The molecule has 0 fully saturated rings. The first-order chi connectivity index (χ1) is 7.77. The molecule has 2 rings (SSSR count). The molecule has 1 aliphatic heterocycles. The number of alkyl halides is 1. The lowest BCUT2D eigenvalue weighted by Crippen LogP contribution is -2.33. The Bertz CT molecular complexity index is 342. The molecule has 0 aromatic heterocycles. The number of halogens is 1. The van der Waals surface area contributed by atoms with Gasteiger partial charge in [0.2, 0.25) is 0 Å². The highest BCUT2D eigenvalue weighted by molar-refractivity contribution is 14.1. The molecular weight excluding hydrogens is 329 g/mol. The van der Waals surface area contributed by atoms with Gasteiger partial charge in [-0.15, -0.1) is 11.8 Å². The Morgan fingerprint density at radius 2 is 2.12 bits per heavy atom. The van der Waals surface area contributed by atoms with Gasteiger partial charge in [-0.25, -0.2) is 0 Å². The number of thioether (sulfide) groups is 1. The van der Waals surface area contributed by atoms with Crippen LogP contribution in [0.1, 0.15) is 12.5 Å². The van der Waals surface area contributed by atoms with Crippen molar-refractivity contribution in [3.05, 3.63) is 47.5 Å². The average molecular weight is 345 g/mol. The third-order valence-corrected chi connectivity index (χ3v) is 4.84. The van der Waals surface area contributed by atoms with E-state index in [0.29, 0.717) is 15.2 Å². The van der Waals surface area contributed by atoms with Gasteiger partial charge in [-0.05, 0) is 17.4 Å². The van der Waals surface area contributed by atoms with Gasteiger partial charge >= 0.3 is 0 Å². The second kappa shape index (κ2) is 5.96. The van der Waals surface area contributed by atoms with E-state index in [0.717, 1.165) is 6.42 Å². The maximum Gasteiger partial charge on any atom is 0.0800 e. The molecule has 0 bridgehead atoms. The van der Waals surface area contributed by atoms with Crippen molar-refractivity contribution in [2.24, 2.45) is 5.92 Å². The molecule has 0 saturated heterocycles. The van der Waals surface area contributed by atoms with Crippen LogP contribution in [0.4, 0.5) is 0 Å². The minimum absolute atomic E-state index is 0.534. The molecule has 0 aliphatic carbocycles. The fourth-order valence-corrected chi connectivity index (χ4v) is 3.89. The summed E-state index contributed by atoms with van der Waals surface area (Å²) >= 11 is 4.44. The summed E-state index contributed by atoms with van der Waals surface area (Å²) in [6.07, 6.45) is 3.21. The zero-order valence-corrected chi connectivity index (χ0v) is 12.2. The summed E-state index contributed by atoms with van der Waals surface area (Å²) in [6, 6.07) is 10.8. The third-order valence-electron chi connectivity index (χ3n) is 2.85. The SMILES string of the molecule is CC(I)C(Cc1ccccc1)C1NC=CS1. The lowest BCUT2D eigenvalue weighted by atomic mass is 9.96. The Morgan fingerprint density at radius 3 is 2.69 bits per heavy atom. The van der Waals surface area contributed by atoms with Crippen molar-refractivity contribution >= 4 is 34.4 Å². The standard InChI is InChI=1S/C13H16INS/c1-10(14)12(13-15-7-8-16-13)9-11-5-3-2-4-6-11/h2-8,10,12-13,15H,9H2,1H3. The Kier molecular flexibility index (Phi) is 4.58. The van der Waals surface area contributed by atoms with E-state index < -0.39 is 0 Å². The molecule has 1 N–H and O–H groups in total. The summed E-state index contributed by atoms with van der Waals surface area (Å²) in [4.78, 5) is 0. The normalized spacial score (nSPS) is 22.8. The summed E-state index contributed by atoms with van der Waals surface area (Å²) < 4.78 is 0.669. The minimum Gasteiger partial charge on any atom is -0.378 e. The molecule has 0 radical (unpaired) electrons. The molecule has 3 unspecified atom stereocenters. The summed E-state index contributed by atoms with van der Waals surface area (Å²) in [5.41, 5.74) is 1.44. The van der Waals surface area contributed by atoms with E-state index in [9.17, 15) is 0 Å². The van der Waals surface area contributed by atoms with Crippen molar-refractivity contribution < 1.29 is 0 Å². The molecule has 1 aromatic carbocycles. The van der Waals surface area contributed by atoms with Gasteiger partial charge in [0.1, 0.15) is 0 Å². The summed E-state index contributed by atoms with van der Waals surface area (Å²) in [5.74, 6) is 0.669. The quantitative estimate of drug-likeness (QED) is 0.658. The van der Waals surface area contributed by atoms with Crippen LogP contribution in [0.25, 0.3) is 0 Å². The predicted molar refractivity (Wildman–Crippen MR) is 80.8 cm³/mol. The van der Waals surface area contributed by atoms with Crippen molar-refractivity contribution in [3.63, 3.8) is 0 Å². The van der Waals surface area contributed by atoms with Crippen LogP contribution in [0.15, 0.2) is 41.9 Å². The lowest BCUT2D eigenvalue weighted by Gasteiger charge is -2.26. The Morgan fingerprint density at radius 1 is 1.38 bits per heavy atom. The zero-order valence-electron chi connectivity index (χ0n) is 9.27. The van der Waals surface area contributed by atoms with Crippen LogP contribution in [0.2, 0.25) is 0 Å². The topological polar surface area (TPSA) is 12.0 Å². The van der Waals surface area contributed by atoms with Crippen molar-refractivity contribution in [1.29, 1.82) is 0 Å². The molecule has 1 nitrogen and oxygen atoms in total. The summed E-state index contributed by atoms with van der Waals surface area (Å²) in [5, 5.41) is 6.12. The molecule has 0 spiro atoms. The van der Waals surface area contributed by atoms with E-state index in [1.165, 1.54) is 5.56 Å². The maximum atomic E-state index is 3.44. The minimum atomic E-state index is 0.534. The Balaban J connectivity index is 2.03. The van der Waals surface area contributed by atoms with Gasteiger partial charge < -0.3 is 5.32 Å². The summed E-state index contributed by atoms with van der Waals surface area (Å²) in [6.45, 7) is 2.30. The van der Waals surface area contributed by atoms with Crippen LogP contribution in [0.5, 0.6) is 0 Å². The molecule has 1 heterocycles. The van der Waals surface area contributed by atoms with Gasteiger partial charge in [0, 0.05) is 16.0 Å². The van der Waals surface area contributed by atoms with E-state index >= 15 is 0 Å². The number of rotatable bonds is 4. The molecule has 3 heteroatoms.